The van der Waals surface area contributed by atoms with Gasteiger partial charge in [-0.2, -0.15) is 0 Å². The highest BCUT2D eigenvalue weighted by Crippen LogP contribution is 2.27. The average Bonchev–Trinajstić information content (AvgIpc) is 2.84. The maximum absolute atomic E-state index is 2.40. The van der Waals surface area contributed by atoms with Crippen molar-refractivity contribution in [3.8, 4) is 0 Å². The van der Waals surface area contributed by atoms with E-state index in [0.717, 1.165) is 13.1 Å². The summed E-state index contributed by atoms with van der Waals surface area (Å²) in [4.78, 5) is 2.40. The van der Waals surface area contributed by atoms with Crippen LogP contribution in [0.4, 0.5) is 5.69 Å². The predicted molar refractivity (Wildman–Crippen MR) is 139 cm³/mol. The largest absolute Gasteiger partial charge is 0.372 e. The molecule has 160 valence electrons. The third-order valence-corrected chi connectivity index (χ3v) is 4.93. The van der Waals surface area contributed by atoms with E-state index < -0.39 is 0 Å². The van der Waals surface area contributed by atoms with Gasteiger partial charge < -0.3 is 4.90 Å². The minimum absolute atomic E-state index is 1.07. The van der Waals surface area contributed by atoms with Crippen molar-refractivity contribution < 1.29 is 0 Å². The Labute approximate surface area is 184 Å². The van der Waals surface area contributed by atoms with Crippen LogP contribution in [0.2, 0.25) is 0 Å². The molecule has 0 heterocycles. The Morgan fingerprint density at radius 1 is 0.533 bits per heavy atom. The van der Waals surface area contributed by atoms with Gasteiger partial charge in [0.25, 0.3) is 0 Å². The van der Waals surface area contributed by atoms with Crippen LogP contribution in [0.1, 0.15) is 47.1 Å². The lowest BCUT2D eigenvalue weighted by molar-refractivity contribution is 0.863. The van der Waals surface area contributed by atoms with Gasteiger partial charge >= 0.3 is 0 Å². The zero-order valence-corrected chi connectivity index (χ0v) is 19.9. The van der Waals surface area contributed by atoms with Gasteiger partial charge in [0.05, 0.1) is 0 Å². The molecule has 0 aromatic heterocycles. The molecule has 0 aliphatic carbocycles. The predicted octanol–water partition coefficient (Wildman–Crippen LogP) is 8.89. The summed E-state index contributed by atoms with van der Waals surface area (Å²) >= 11 is 0. The molecule has 0 aliphatic rings. The first kappa shape index (κ1) is 25.2. The summed E-state index contributed by atoms with van der Waals surface area (Å²) in [6.45, 7) is 16.8. The summed E-state index contributed by atoms with van der Waals surface area (Å²) < 4.78 is 0. The van der Waals surface area contributed by atoms with Gasteiger partial charge in [0.15, 0.2) is 0 Å². The second-order valence-corrected chi connectivity index (χ2v) is 6.45. The molecule has 0 N–H and O–H groups in total. The highest BCUT2D eigenvalue weighted by molar-refractivity contribution is 5.90. The standard InChI is InChI=1S/C15H19N.C10H8.2C2H6/c1-4-16(5-2)15-11-10-13-8-6-7-9-14(13)12(15)3;1-2-6-10-8-4-3-7-9(10)5-1;2*1-2/h6-11H,4-5H2,1-3H3;1-8H;2*1-2H3. The smallest absolute Gasteiger partial charge is 0.0402 e. The summed E-state index contributed by atoms with van der Waals surface area (Å²) in [5, 5.41) is 5.32. The van der Waals surface area contributed by atoms with E-state index in [9.17, 15) is 0 Å². The molecule has 1 nitrogen and oxygen atoms in total. The highest BCUT2D eigenvalue weighted by atomic mass is 15.1. The van der Waals surface area contributed by atoms with Crippen LogP contribution in [-0.4, -0.2) is 13.1 Å². The number of fused-ring (bicyclic) bond motifs is 2. The number of benzene rings is 4. The van der Waals surface area contributed by atoms with Gasteiger partial charge in [-0.25, -0.2) is 0 Å². The van der Waals surface area contributed by atoms with Gasteiger partial charge in [-0.1, -0.05) is 107 Å². The average molecular weight is 402 g/mol. The van der Waals surface area contributed by atoms with Crippen LogP contribution in [-0.2, 0) is 0 Å². The molecule has 0 atom stereocenters. The third-order valence-electron chi connectivity index (χ3n) is 4.93. The van der Waals surface area contributed by atoms with Crippen molar-refractivity contribution in [2.75, 3.05) is 18.0 Å². The summed E-state index contributed by atoms with van der Waals surface area (Å²) in [5.74, 6) is 0. The lowest BCUT2D eigenvalue weighted by atomic mass is 10.0. The Morgan fingerprint density at radius 3 is 1.37 bits per heavy atom. The lowest BCUT2D eigenvalue weighted by Gasteiger charge is -2.24. The van der Waals surface area contributed by atoms with Gasteiger partial charge in [-0.15, -0.1) is 0 Å². The Hall–Kier alpha value is -2.80. The number of rotatable bonds is 3. The van der Waals surface area contributed by atoms with Crippen molar-refractivity contribution in [3.05, 3.63) is 90.5 Å². The van der Waals surface area contributed by atoms with E-state index in [1.165, 1.54) is 32.8 Å². The van der Waals surface area contributed by atoms with Gasteiger partial charge in [-0.05, 0) is 53.9 Å². The summed E-state index contributed by atoms with van der Waals surface area (Å²) in [6, 6.07) is 29.8. The molecular weight excluding hydrogens is 362 g/mol. The lowest BCUT2D eigenvalue weighted by Crippen LogP contribution is -2.22. The highest BCUT2D eigenvalue weighted by Gasteiger charge is 2.07. The van der Waals surface area contributed by atoms with Gasteiger partial charge in [-0.3, -0.25) is 0 Å². The minimum atomic E-state index is 1.07. The Bertz CT molecular complexity index is 918. The zero-order valence-electron chi connectivity index (χ0n) is 19.9. The molecule has 0 saturated heterocycles. The van der Waals surface area contributed by atoms with E-state index in [4.69, 9.17) is 0 Å². The normalized spacial score (nSPS) is 9.43. The van der Waals surface area contributed by atoms with E-state index in [1.54, 1.807) is 0 Å². The topological polar surface area (TPSA) is 3.24 Å². The number of aryl methyl sites for hydroxylation is 1. The monoisotopic (exact) mass is 401 g/mol. The molecule has 4 aromatic rings. The maximum atomic E-state index is 2.40. The van der Waals surface area contributed by atoms with Crippen LogP contribution in [0.15, 0.2) is 84.9 Å². The molecule has 0 fully saturated rings. The van der Waals surface area contributed by atoms with Gasteiger partial charge in [0.2, 0.25) is 0 Å². The summed E-state index contributed by atoms with van der Waals surface area (Å²) in [5.41, 5.74) is 2.76. The number of hydrogen-bond acceptors (Lipinski definition) is 1. The molecule has 4 aromatic carbocycles. The van der Waals surface area contributed by atoms with Crippen LogP contribution in [0, 0.1) is 6.92 Å². The van der Waals surface area contributed by atoms with E-state index >= 15 is 0 Å². The second kappa shape index (κ2) is 14.2. The Balaban J connectivity index is 0.000000275. The number of hydrogen-bond donors (Lipinski definition) is 0. The van der Waals surface area contributed by atoms with Gasteiger partial charge in [0.1, 0.15) is 0 Å². The van der Waals surface area contributed by atoms with Crippen LogP contribution in [0.25, 0.3) is 21.5 Å². The first-order chi connectivity index (χ1) is 14.7. The minimum Gasteiger partial charge on any atom is -0.372 e. The third kappa shape index (κ3) is 6.62. The molecule has 0 spiro atoms. The molecule has 0 unspecified atom stereocenters. The van der Waals surface area contributed by atoms with E-state index in [1.807, 2.05) is 27.7 Å². The first-order valence-corrected chi connectivity index (χ1v) is 11.4. The number of nitrogens with zero attached hydrogens (tertiary/aromatic N) is 1. The fourth-order valence-corrected chi connectivity index (χ4v) is 3.46. The van der Waals surface area contributed by atoms with Crippen molar-refractivity contribution in [1.29, 1.82) is 0 Å². The molecule has 0 aliphatic heterocycles. The van der Waals surface area contributed by atoms with Crippen molar-refractivity contribution in [2.24, 2.45) is 0 Å². The van der Waals surface area contributed by atoms with Crippen molar-refractivity contribution in [3.63, 3.8) is 0 Å². The molecule has 0 saturated carbocycles. The van der Waals surface area contributed by atoms with Crippen LogP contribution >= 0.6 is 0 Å². The fourth-order valence-electron chi connectivity index (χ4n) is 3.46. The molecule has 4 rings (SSSR count). The van der Waals surface area contributed by atoms with E-state index in [2.05, 4.69) is 111 Å². The molecule has 0 amide bonds. The Morgan fingerprint density at radius 2 is 0.933 bits per heavy atom. The SMILES string of the molecule is CC.CC.CCN(CC)c1ccc2ccccc2c1C.c1ccc2ccccc2c1. The summed E-state index contributed by atoms with van der Waals surface area (Å²) in [7, 11) is 0. The van der Waals surface area contributed by atoms with Crippen LogP contribution < -0.4 is 4.90 Å². The molecular formula is C29H39N. The molecule has 1 heteroatoms. The Kier molecular flexibility index (Phi) is 12.0. The first-order valence-electron chi connectivity index (χ1n) is 11.4. The summed E-state index contributed by atoms with van der Waals surface area (Å²) in [6.07, 6.45) is 0. The van der Waals surface area contributed by atoms with Crippen molar-refractivity contribution >= 4 is 27.2 Å². The van der Waals surface area contributed by atoms with Crippen LogP contribution in [0.5, 0.6) is 0 Å². The van der Waals surface area contributed by atoms with E-state index in [-0.39, 0.29) is 0 Å². The molecule has 30 heavy (non-hydrogen) atoms. The van der Waals surface area contributed by atoms with Crippen LogP contribution in [0.3, 0.4) is 0 Å². The molecule has 0 bridgehead atoms. The molecule has 0 radical (unpaired) electrons. The van der Waals surface area contributed by atoms with Crippen molar-refractivity contribution in [1.82, 2.24) is 0 Å². The quantitative estimate of drug-likeness (QED) is 0.331. The van der Waals surface area contributed by atoms with Gasteiger partial charge in [0, 0.05) is 18.8 Å². The maximum Gasteiger partial charge on any atom is 0.0402 e. The fraction of sp³-hybridized carbons (Fsp3) is 0.310. The van der Waals surface area contributed by atoms with Crippen molar-refractivity contribution in [2.45, 2.75) is 48.5 Å². The zero-order chi connectivity index (χ0) is 22.4. The number of anilines is 1. The second-order valence-electron chi connectivity index (χ2n) is 6.45. The van der Waals surface area contributed by atoms with E-state index in [0.29, 0.717) is 0 Å².